The van der Waals surface area contributed by atoms with Crippen molar-refractivity contribution >= 4 is 30.3 Å². The van der Waals surface area contributed by atoms with Crippen LogP contribution >= 0.6 is 30.3 Å². The molecule has 2 nitrogen and oxygen atoms in total. The molecule has 58 valence electrons. The van der Waals surface area contributed by atoms with E-state index in [1.165, 1.54) is 12.8 Å². The summed E-state index contributed by atoms with van der Waals surface area (Å²) in [6.45, 7) is 4.36. The van der Waals surface area contributed by atoms with Gasteiger partial charge in [0.05, 0.1) is 0 Å². The van der Waals surface area contributed by atoms with Gasteiger partial charge in [-0.05, 0) is 0 Å². The molecule has 0 fully saturated rings. The van der Waals surface area contributed by atoms with E-state index >= 15 is 0 Å². The Hall–Kier alpha value is 0.890. The first-order chi connectivity index (χ1) is 3.91. The van der Waals surface area contributed by atoms with Crippen LogP contribution in [0.2, 0.25) is 0 Å². The van der Waals surface area contributed by atoms with E-state index in [0.717, 1.165) is 0 Å². The maximum atomic E-state index is 9.50. The van der Waals surface area contributed by atoms with Gasteiger partial charge in [0, 0.05) is 0 Å². The van der Waals surface area contributed by atoms with Crippen LogP contribution in [-0.4, -0.2) is 4.89 Å². The van der Waals surface area contributed by atoms with E-state index in [4.69, 9.17) is 4.89 Å². The Kier molecular flexibility index (Phi) is 9.77. The van der Waals surface area contributed by atoms with Gasteiger partial charge in [0.15, 0.2) is 0 Å². The molecule has 0 aliphatic rings. The molecule has 5 heteroatoms. The third kappa shape index (κ3) is 118. The minimum Gasteiger partial charge on any atom is -0.330 e. The topological polar surface area (TPSA) is 37.3 Å². The molecule has 0 aliphatic heterocycles. The van der Waals surface area contributed by atoms with E-state index < -0.39 is 5.77 Å². The minimum absolute atomic E-state index is 1.32. The highest BCUT2D eigenvalue weighted by molar-refractivity contribution is 8.78. The fourth-order valence-electron chi connectivity index (χ4n) is 0. The second-order valence-corrected chi connectivity index (χ2v) is 6.74. The van der Waals surface area contributed by atoms with Gasteiger partial charge >= 0.3 is 5.77 Å². The zero-order valence-electron chi connectivity index (χ0n) is 5.61. The van der Waals surface area contributed by atoms with Crippen molar-refractivity contribution in [3.05, 3.63) is 0 Å². The number of hydrogen-bond acceptors (Lipinski definition) is 1. The maximum absolute atomic E-state index is 9.50. The van der Waals surface area contributed by atoms with Crippen molar-refractivity contribution in [3.8, 4) is 0 Å². The number of hydrogen-bond donors (Lipinski definition) is 3. The normalized spacial score (nSPS) is 9.89. The molecular weight excluding hydrogens is 175 g/mol. The van der Waals surface area contributed by atoms with Gasteiger partial charge in [0.25, 0.3) is 0 Å². The zero-order valence-corrected chi connectivity index (χ0v) is 8.29. The van der Waals surface area contributed by atoms with E-state index in [1.807, 2.05) is 0 Å². The molecule has 0 atom stereocenters. The van der Waals surface area contributed by atoms with Crippen molar-refractivity contribution < 1.29 is 9.46 Å². The van der Waals surface area contributed by atoms with Gasteiger partial charge < -0.3 is 4.89 Å². The maximum Gasteiger partial charge on any atom is 0.304 e. The molecule has 0 aromatic heterocycles. The molecule has 0 bridgehead atoms. The Labute approximate surface area is 66.8 Å². The van der Waals surface area contributed by atoms with Gasteiger partial charge in [0.2, 0.25) is 0 Å². The Morgan fingerprint density at radius 2 is 1.44 bits per heavy atom. The molecule has 0 aromatic carbocycles. The minimum atomic E-state index is -3.25. The lowest BCUT2D eigenvalue weighted by Crippen LogP contribution is -1.47. The monoisotopic (exact) mass is 188 g/mol. The van der Waals surface area contributed by atoms with Crippen LogP contribution in [0.15, 0.2) is 0 Å². The van der Waals surface area contributed by atoms with Crippen LogP contribution in [0.4, 0.5) is 0 Å². The lowest BCUT2D eigenvalue weighted by molar-refractivity contribution is 0.515. The zero-order chi connectivity index (χ0) is 7.91. The van der Waals surface area contributed by atoms with E-state index in [9.17, 15) is 4.57 Å². The third-order valence-electron chi connectivity index (χ3n) is 0.500. The van der Waals surface area contributed by atoms with E-state index in [0.29, 0.717) is 0 Å². The number of rotatable bonds is 1. The molecule has 0 aromatic rings. The lowest BCUT2D eigenvalue weighted by Gasteiger charge is -1.83. The second-order valence-electron chi connectivity index (χ2n) is 1.51. The quantitative estimate of drug-likeness (QED) is 0.437. The Balaban J connectivity index is 0. The third-order valence-corrected chi connectivity index (χ3v) is 0.500. The molecule has 0 unspecified atom stereocenters. The van der Waals surface area contributed by atoms with Crippen molar-refractivity contribution in [2.45, 2.75) is 26.7 Å². The van der Waals surface area contributed by atoms with Crippen LogP contribution in [0.5, 0.6) is 0 Å². The van der Waals surface area contributed by atoms with Crippen LogP contribution in [0, 0.1) is 0 Å². The number of unbranched alkanes of at least 4 members (excludes halogenated alkanes) is 1. The molecule has 0 aliphatic carbocycles. The van der Waals surface area contributed by atoms with Gasteiger partial charge in [-0.3, -0.25) is 4.57 Å². The van der Waals surface area contributed by atoms with Crippen LogP contribution in [-0.2, 0) is 4.57 Å². The van der Waals surface area contributed by atoms with Crippen LogP contribution in [0.25, 0.3) is 0 Å². The predicted molar refractivity (Wildman–Crippen MR) is 48.4 cm³/mol. The molecule has 0 amide bonds. The largest absolute Gasteiger partial charge is 0.330 e. The average molecular weight is 188 g/mol. The Morgan fingerprint density at radius 1 is 1.33 bits per heavy atom. The molecule has 0 saturated carbocycles. The van der Waals surface area contributed by atoms with Crippen molar-refractivity contribution in [3.63, 3.8) is 0 Å². The summed E-state index contributed by atoms with van der Waals surface area (Å²) >= 11 is 6.20. The molecule has 1 N–H and O–H groups in total. The molecule has 0 spiro atoms. The Morgan fingerprint density at radius 3 is 1.44 bits per heavy atom. The van der Waals surface area contributed by atoms with E-state index in [1.54, 1.807) is 0 Å². The fraction of sp³-hybridized carbons (Fsp3) is 1.00. The highest BCUT2D eigenvalue weighted by atomic mass is 33.1. The van der Waals surface area contributed by atoms with Gasteiger partial charge in [-0.25, -0.2) is 0 Å². The van der Waals surface area contributed by atoms with Gasteiger partial charge in [0.1, 0.15) is 0 Å². The summed E-state index contributed by atoms with van der Waals surface area (Å²) in [5.74, 6) is -3.25. The average Bonchev–Trinajstić information content (AvgIpc) is 1.61. The lowest BCUT2D eigenvalue weighted by atomic mass is 10.4. The summed E-state index contributed by atoms with van der Waals surface area (Å²) in [6.07, 6.45) is 2.64. The SMILES string of the molecule is CCCC.O=P(O)(S)S. The van der Waals surface area contributed by atoms with Crippen LogP contribution in [0.3, 0.4) is 0 Å². The molecule has 0 rings (SSSR count). The van der Waals surface area contributed by atoms with Crippen molar-refractivity contribution in [1.82, 2.24) is 0 Å². The molecule has 0 saturated heterocycles. The Bertz CT molecular complexity index is 80.3. The first kappa shape index (κ1) is 12.6. The van der Waals surface area contributed by atoms with E-state index in [2.05, 4.69) is 38.3 Å². The smallest absolute Gasteiger partial charge is 0.304 e. The second kappa shape index (κ2) is 7.00. The summed E-state index contributed by atoms with van der Waals surface area (Å²) in [5.41, 5.74) is 0. The summed E-state index contributed by atoms with van der Waals surface area (Å²) < 4.78 is 9.50. The van der Waals surface area contributed by atoms with Crippen LogP contribution in [0.1, 0.15) is 26.7 Å². The summed E-state index contributed by atoms with van der Waals surface area (Å²) in [6, 6.07) is 0. The first-order valence-corrected chi connectivity index (χ1v) is 6.66. The van der Waals surface area contributed by atoms with Crippen molar-refractivity contribution in [2.24, 2.45) is 0 Å². The molecule has 0 radical (unpaired) electrons. The summed E-state index contributed by atoms with van der Waals surface area (Å²) in [7, 11) is 0. The predicted octanol–water partition coefficient (Wildman–Crippen LogP) is 2.75. The van der Waals surface area contributed by atoms with Gasteiger partial charge in [-0.2, -0.15) is 0 Å². The highest BCUT2D eigenvalue weighted by Crippen LogP contribution is 2.50. The summed E-state index contributed by atoms with van der Waals surface area (Å²) in [4.78, 5) is 7.80. The fourth-order valence-corrected chi connectivity index (χ4v) is 0. The van der Waals surface area contributed by atoms with Crippen molar-refractivity contribution in [2.75, 3.05) is 0 Å². The molecule has 9 heavy (non-hydrogen) atoms. The van der Waals surface area contributed by atoms with Gasteiger partial charge in [-0.15, -0.1) is 0 Å². The van der Waals surface area contributed by atoms with Gasteiger partial charge in [-0.1, -0.05) is 51.2 Å². The van der Waals surface area contributed by atoms with E-state index in [-0.39, 0.29) is 0 Å². The van der Waals surface area contributed by atoms with Crippen LogP contribution < -0.4 is 0 Å². The number of thiol groups is 2. The standard InChI is InChI=1S/C4H10.H3O2PS2/c1-3-4-2;1-3(2,4)5/h3-4H2,1-2H3;(H3,1,2,4,5). The molecule has 0 heterocycles. The van der Waals surface area contributed by atoms with Crippen molar-refractivity contribution in [1.29, 1.82) is 0 Å². The first-order valence-electron chi connectivity index (χ1n) is 2.70. The molecular formula is C4H13O2PS2. The highest BCUT2D eigenvalue weighted by Gasteiger charge is 1.95. The summed E-state index contributed by atoms with van der Waals surface area (Å²) in [5, 5.41) is 0.